The fraction of sp³-hybridized carbons (Fsp3) is 1.00. The summed E-state index contributed by atoms with van der Waals surface area (Å²) in [6.45, 7) is 3.19. The van der Waals surface area contributed by atoms with Gasteiger partial charge in [-0.25, -0.2) is 0 Å². The molecule has 0 aliphatic carbocycles. The average molecular weight is 162 g/mol. The highest BCUT2D eigenvalue weighted by molar-refractivity contribution is 4.95. The Labute approximate surface area is 65.4 Å². The van der Waals surface area contributed by atoms with E-state index in [1.54, 1.807) is 6.92 Å². The molecule has 1 heterocycles. The number of aliphatic hydroxyl groups excluding tert-OH is 2. The summed E-state index contributed by atoms with van der Waals surface area (Å²) >= 11 is 0. The zero-order chi connectivity index (χ0) is 8.65. The van der Waals surface area contributed by atoms with Crippen molar-refractivity contribution in [2.75, 3.05) is 6.61 Å². The zero-order valence-electron chi connectivity index (χ0n) is 6.69. The van der Waals surface area contributed by atoms with Crippen molar-refractivity contribution in [2.24, 2.45) is 0 Å². The van der Waals surface area contributed by atoms with Crippen molar-refractivity contribution in [3.05, 3.63) is 0 Å². The molecule has 1 rings (SSSR count). The van der Waals surface area contributed by atoms with Gasteiger partial charge in [-0.2, -0.15) is 0 Å². The summed E-state index contributed by atoms with van der Waals surface area (Å²) in [4.78, 5) is 0. The van der Waals surface area contributed by atoms with Crippen molar-refractivity contribution in [3.8, 4) is 0 Å². The predicted octanol–water partition coefficient (Wildman–Crippen LogP) is -1.12. The largest absolute Gasteiger partial charge is 0.388 e. The first-order chi connectivity index (χ1) is 4.96. The maximum Gasteiger partial charge on any atom is 0.116 e. The number of ether oxygens (including phenoxy) is 1. The lowest BCUT2D eigenvalue weighted by atomic mass is 9.87. The van der Waals surface area contributed by atoms with Gasteiger partial charge in [-0.15, -0.1) is 0 Å². The number of hydrogen-bond acceptors (Lipinski definition) is 4. The van der Waals surface area contributed by atoms with Crippen LogP contribution in [0, 0.1) is 0 Å². The zero-order valence-corrected chi connectivity index (χ0v) is 6.69. The van der Waals surface area contributed by atoms with Crippen LogP contribution >= 0.6 is 0 Å². The standard InChI is InChI=1S/C7H14O4/c1-4-7(2,10)6(9)5(8)3-11-4/h4-6,8-10H,3H2,1-2H3/t4?,5?,6?,7-/m1/s1. The molecule has 66 valence electrons. The molecule has 3 unspecified atom stereocenters. The molecule has 3 N–H and O–H groups in total. The van der Waals surface area contributed by atoms with Gasteiger partial charge in [0.2, 0.25) is 0 Å². The van der Waals surface area contributed by atoms with Crippen molar-refractivity contribution in [3.63, 3.8) is 0 Å². The van der Waals surface area contributed by atoms with Gasteiger partial charge in [-0.1, -0.05) is 0 Å². The van der Waals surface area contributed by atoms with Gasteiger partial charge < -0.3 is 20.1 Å². The van der Waals surface area contributed by atoms with Gasteiger partial charge in [0.25, 0.3) is 0 Å². The van der Waals surface area contributed by atoms with E-state index < -0.39 is 23.9 Å². The first-order valence-corrected chi connectivity index (χ1v) is 3.66. The number of rotatable bonds is 0. The molecular formula is C7H14O4. The van der Waals surface area contributed by atoms with Crippen LogP contribution in [0.15, 0.2) is 0 Å². The van der Waals surface area contributed by atoms with Crippen molar-refractivity contribution in [2.45, 2.75) is 37.8 Å². The van der Waals surface area contributed by atoms with Gasteiger partial charge >= 0.3 is 0 Å². The Balaban J connectivity index is 2.72. The number of aliphatic hydroxyl groups is 3. The van der Waals surface area contributed by atoms with E-state index in [1.807, 2.05) is 0 Å². The molecule has 1 aliphatic rings. The molecule has 1 saturated heterocycles. The maximum atomic E-state index is 9.55. The summed E-state index contributed by atoms with van der Waals surface area (Å²) < 4.78 is 5.02. The Hall–Kier alpha value is -0.160. The van der Waals surface area contributed by atoms with Gasteiger partial charge in [0, 0.05) is 0 Å². The van der Waals surface area contributed by atoms with Crippen LogP contribution in [0.25, 0.3) is 0 Å². The van der Waals surface area contributed by atoms with E-state index in [-0.39, 0.29) is 6.61 Å². The van der Waals surface area contributed by atoms with E-state index in [4.69, 9.17) is 9.84 Å². The SMILES string of the molecule is CC1OCC(O)C(O)[C@]1(C)O. The minimum absolute atomic E-state index is 0.0818. The fourth-order valence-corrected chi connectivity index (χ4v) is 1.13. The second-order valence-electron chi connectivity index (χ2n) is 3.21. The predicted molar refractivity (Wildman–Crippen MR) is 38.1 cm³/mol. The Bertz CT molecular complexity index is 145. The monoisotopic (exact) mass is 162 g/mol. The minimum atomic E-state index is -1.35. The Morgan fingerprint density at radius 1 is 1.45 bits per heavy atom. The van der Waals surface area contributed by atoms with E-state index in [2.05, 4.69) is 0 Å². The maximum absolute atomic E-state index is 9.55. The lowest BCUT2D eigenvalue weighted by Gasteiger charge is -2.41. The molecule has 1 fully saturated rings. The molecule has 0 aromatic carbocycles. The highest BCUT2D eigenvalue weighted by Crippen LogP contribution is 2.25. The van der Waals surface area contributed by atoms with Crippen LogP contribution in [-0.4, -0.2) is 45.8 Å². The molecule has 4 nitrogen and oxygen atoms in total. The highest BCUT2D eigenvalue weighted by Gasteiger charge is 2.45. The van der Waals surface area contributed by atoms with Gasteiger partial charge in [-0.3, -0.25) is 0 Å². The van der Waals surface area contributed by atoms with Crippen LogP contribution in [0.4, 0.5) is 0 Å². The minimum Gasteiger partial charge on any atom is -0.388 e. The molecule has 4 atom stereocenters. The summed E-state index contributed by atoms with van der Waals surface area (Å²) in [5.74, 6) is 0. The van der Waals surface area contributed by atoms with Crippen LogP contribution < -0.4 is 0 Å². The molecule has 1 aliphatic heterocycles. The van der Waals surface area contributed by atoms with Crippen LogP contribution in [0.1, 0.15) is 13.8 Å². The molecule has 0 bridgehead atoms. The first kappa shape index (κ1) is 8.93. The highest BCUT2D eigenvalue weighted by atomic mass is 16.5. The molecule has 11 heavy (non-hydrogen) atoms. The average Bonchev–Trinajstić information content (AvgIpc) is 1.95. The molecule has 0 radical (unpaired) electrons. The topological polar surface area (TPSA) is 69.9 Å². The Morgan fingerprint density at radius 2 is 2.00 bits per heavy atom. The third kappa shape index (κ3) is 1.39. The molecule has 0 spiro atoms. The fourth-order valence-electron chi connectivity index (χ4n) is 1.13. The first-order valence-electron chi connectivity index (χ1n) is 3.66. The van der Waals surface area contributed by atoms with Gasteiger partial charge in [0.05, 0.1) is 12.7 Å². The summed E-state index contributed by atoms with van der Waals surface area (Å²) in [5.41, 5.74) is -1.35. The third-order valence-electron chi connectivity index (χ3n) is 2.30. The molecule has 0 aromatic heterocycles. The second kappa shape index (κ2) is 2.71. The Kier molecular flexibility index (Phi) is 2.20. The van der Waals surface area contributed by atoms with Crippen molar-refractivity contribution in [1.29, 1.82) is 0 Å². The van der Waals surface area contributed by atoms with Crippen molar-refractivity contribution in [1.82, 2.24) is 0 Å². The lowest BCUT2D eigenvalue weighted by molar-refractivity contribution is -0.229. The van der Waals surface area contributed by atoms with Gasteiger partial charge in [-0.05, 0) is 13.8 Å². The molecule has 0 aromatic rings. The second-order valence-corrected chi connectivity index (χ2v) is 3.21. The molecule has 4 heteroatoms. The Morgan fingerprint density at radius 3 is 2.45 bits per heavy atom. The summed E-state index contributed by atoms with van der Waals surface area (Å²) in [7, 11) is 0. The lowest BCUT2D eigenvalue weighted by Crippen LogP contribution is -2.60. The summed E-state index contributed by atoms with van der Waals surface area (Å²) in [6, 6.07) is 0. The molecular weight excluding hydrogens is 148 g/mol. The van der Waals surface area contributed by atoms with E-state index in [0.717, 1.165) is 0 Å². The summed E-state index contributed by atoms with van der Waals surface area (Å²) in [6.07, 6.45) is -2.55. The molecule has 0 saturated carbocycles. The van der Waals surface area contributed by atoms with Crippen LogP contribution in [-0.2, 0) is 4.74 Å². The number of hydrogen-bond donors (Lipinski definition) is 3. The van der Waals surface area contributed by atoms with Crippen LogP contribution in [0.5, 0.6) is 0 Å². The third-order valence-corrected chi connectivity index (χ3v) is 2.30. The van der Waals surface area contributed by atoms with E-state index >= 15 is 0 Å². The van der Waals surface area contributed by atoms with Crippen LogP contribution in [0.3, 0.4) is 0 Å². The van der Waals surface area contributed by atoms with E-state index in [9.17, 15) is 10.2 Å². The summed E-state index contributed by atoms with van der Waals surface area (Å²) in [5, 5.41) is 27.9. The van der Waals surface area contributed by atoms with E-state index in [0.29, 0.717) is 0 Å². The molecule has 0 amide bonds. The quantitative estimate of drug-likeness (QED) is 0.422. The van der Waals surface area contributed by atoms with Crippen molar-refractivity contribution < 1.29 is 20.1 Å². The van der Waals surface area contributed by atoms with Crippen molar-refractivity contribution >= 4 is 0 Å². The van der Waals surface area contributed by atoms with E-state index in [1.165, 1.54) is 6.92 Å². The van der Waals surface area contributed by atoms with Gasteiger partial charge in [0.15, 0.2) is 0 Å². The normalized spacial score (nSPS) is 52.6. The smallest absolute Gasteiger partial charge is 0.116 e. The van der Waals surface area contributed by atoms with Gasteiger partial charge in [0.1, 0.15) is 17.8 Å². The van der Waals surface area contributed by atoms with Crippen LogP contribution in [0.2, 0.25) is 0 Å².